The van der Waals surface area contributed by atoms with E-state index in [1.54, 1.807) is 0 Å². The number of nitrogens with one attached hydrogen (secondary N) is 1. The fourth-order valence-electron chi connectivity index (χ4n) is 1.51. The van der Waals surface area contributed by atoms with Gasteiger partial charge in [-0.1, -0.05) is 0 Å². The third-order valence-electron chi connectivity index (χ3n) is 2.60. The first-order valence-electron chi connectivity index (χ1n) is 4.76. The number of amides is 1. The van der Waals surface area contributed by atoms with E-state index in [0.717, 1.165) is 0 Å². The number of carbonyl (C=O) groups excluding carboxylic acids is 1. The summed E-state index contributed by atoms with van der Waals surface area (Å²) in [6.45, 7) is 1.24. The highest BCUT2D eigenvalue weighted by atomic mass is 19.4. The molecule has 2 N–H and O–H groups in total. The molecule has 0 aromatic heterocycles. The number of hydrogen-bond acceptors (Lipinski definition) is 2. The van der Waals surface area contributed by atoms with Crippen molar-refractivity contribution in [2.24, 2.45) is 5.92 Å². The summed E-state index contributed by atoms with van der Waals surface area (Å²) < 4.78 is 35.7. The molecule has 1 unspecified atom stereocenters. The van der Waals surface area contributed by atoms with Crippen molar-refractivity contribution in [1.82, 2.24) is 5.32 Å². The Morgan fingerprint density at radius 2 is 1.88 bits per heavy atom. The Hall–Kier alpha value is -1.27. The molecule has 1 saturated carbocycles. The zero-order valence-electron chi connectivity index (χ0n) is 8.60. The van der Waals surface area contributed by atoms with Crippen molar-refractivity contribution >= 4 is 11.9 Å². The number of carboxylic acids is 1. The first-order chi connectivity index (χ1) is 7.15. The molecule has 0 radical (unpaired) electrons. The molecule has 1 amide bonds. The Morgan fingerprint density at radius 1 is 1.38 bits per heavy atom. The van der Waals surface area contributed by atoms with Crippen LogP contribution in [0.25, 0.3) is 0 Å². The van der Waals surface area contributed by atoms with E-state index in [1.165, 1.54) is 6.92 Å². The summed E-state index contributed by atoms with van der Waals surface area (Å²) in [5.74, 6) is -2.88. The molecule has 0 bridgehead atoms. The van der Waals surface area contributed by atoms with Crippen LogP contribution in [0.5, 0.6) is 0 Å². The SMILES string of the molecule is CC(NC(=O)CC(F)(F)F)(C(=O)O)C1CC1. The predicted octanol–water partition coefficient (Wildman–Crippen LogP) is 1.31. The summed E-state index contributed by atoms with van der Waals surface area (Å²) >= 11 is 0. The van der Waals surface area contributed by atoms with E-state index in [4.69, 9.17) is 5.11 Å². The van der Waals surface area contributed by atoms with Crippen molar-refractivity contribution in [3.63, 3.8) is 0 Å². The number of carboxylic acid groups (broad SMARTS) is 1. The molecule has 0 aromatic carbocycles. The Bertz CT molecular complexity index is 312. The number of rotatable bonds is 4. The van der Waals surface area contributed by atoms with Crippen molar-refractivity contribution in [2.75, 3.05) is 0 Å². The Labute approximate surface area is 89.8 Å². The second-order valence-electron chi connectivity index (χ2n) is 4.12. The Balaban J connectivity index is 2.63. The first-order valence-corrected chi connectivity index (χ1v) is 4.76. The Morgan fingerprint density at radius 3 is 2.19 bits per heavy atom. The summed E-state index contributed by atoms with van der Waals surface area (Å²) in [5.41, 5.74) is -1.58. The van der Waals surface area contributed by atoms with Gasteiger partial charge in [0.1, 0.15) is 12.0 Å². The average molecular weight is 239 g/mol. The molecule has 0 saturated heterocycles. The van der Waals surface area contributed by atoms with Gasteiger partial charge >= 0.3 is 12.1 Å². The van der Waals surface area contributed by atoms with Gasteiger partial charge in [-0.2, -0.15) is 13.2 Å². The molecule has 16 heavy (non-hydrogen) atoms. The van der Waals surface area contributed by atoms with Gasteiger partial charge in [0.05, 0.1) is 0 Å². The van der Waals surface area contributed by atoms with Crippen LogP contribution in [0.2, 0.25) is 0 Å². The standard InChI is InChI=1S/C9H12F3NO3/c1-8(7(15)16,5-2-3-5)13-6(14)4-9(10,11)12/h5H,2-4H2,1H3,(H,13,14)(H,15,16). The molecule has 1 aliphatic carbocycles. The fraction of sp³-hybridized carbons (Fsp3) is 0.778. The summed E-state index contributed by atoms with van der Waals surface area (Å²) in [4.78, 5) is 21.9. The van der Waals surface area contributed by atoms with Gasteiger partial charge in [0, 0.05) is 0 Å². The topological polar surface area (TPSA) is 66.4 Å². The quantitative estimate of drug-likeness (QED) is 0.777. The van der Waals surface area contributed by atoms with Crippen LogP contribution >= 0.6 is 0 Å². The molecule has 1 rings (SSSR count). The molecule has 1 fully saturated rings. The zero-order valence-corrected chi connectivity index (χ0v) is 8.60. The molecule has 0 aromatic rings. The maximum atomic E-state index is 11.9. The van der Waals surface area contributed by atoms with Crippen LogP contribution in [0, 0.1) is 5.92 Å². The predicted molar refractivity (Wildman–Crippen MR) is 47.6 cm³/mol. The number of halogens is 3. The highest BCUT2D eigenvalue weighted by Crippen LogP contribution is 2.40. The van der Waals surface area contributed by atoms with Crippen LogP contribution in [0.4, 0.5) is 13.2 Å². The molecule has 0 aliphatic heterocycles. The van der Waals surface area contributed by atoms with E-state index < -0.39 is 30.0 Å². The third kappa shape index (κ3) is 3.11. The monoisotopic (exact) mass is 239 g/mol. The van der Waals surface area contributed by atoms with Crippen LogP contribution in [-0.2, 0) is 9.59 Å². The second-order valence-corrected chi connectivity index (χ2v) is 4.12. The van der Waals surface area contributed by atoms with E-state index in [2.05, 4.69) is 0 Å². The highest BCUT2D eigenvalue weighted by Gasteiger charge is 2.49. The van der Waals surface area contributed by atoms with Gasteiger partial charge in [0.15, 0.2) is 0 Å². The van der Waals surface area contributed by atoms with E-state index in [-0.39, 0.29) is 5.92 Å². The van der Waals surface area contributed by atoms with Crippen LogP contribution in [0.1, 0.15) is 26.2 Å². The van der Waals surface area contributed by atoms with Crippen molar-refractivity contribution in [2.45, 2.75) is 37.9 Å². The third-order valence-corrected chi connectivity index (χ3v) is 2.60. The Kier molecular flexibility index (Phi) is 3.16. The van der Waals surface area contributed by atoms with Crippen LogP contribution in [-0.4, -0.2) is 28.7 Å². The molecule has 0 spiro atoms. The van der Waals surface area contributed by atoms with E-state index in [0.29, 0.717) is 12.8 Å². The number of carbonyl (C=O) groups is 2. The van der Waals surface area contributed by atoms with Gasteiger partial charge in [-0.25, -0.2) is 4.79 Å². The number of alkyl halides is 3. The molecule has 1 aliphatic rings. The normalized spacial score (nSPS) is 20.0. The van der Waals surface area contributed by atoms with Crippen LogP contribution in [0.15, 0.2) is 0 Å². The maximum absolute atomic E-state index is 11.9. The summed E-state index contributed by atoms with van der Waals surface area (Å²) in [5, 5.41) is 10.8. The molecule has 7 heteroatoms. The van der Waals surface area contributed by atoms with E-state index in [9.17, 15) is 22.8 Å². The van der Waals surface area contributed by atoms with Gasteiger partial charge in [-0.3, -0.25) is 4.79 Å². The maximum Gasteiger partial charge on any atom is 0.397 e. The van der Waals surface area contributed by atoms with Gasteiger partial charge in [-0.15, -0.1) is 0 Å². The lowest BCUT2D eigenvalue weighted by Gasteiger charge is -2.26. The van der Waals surface area contributed by atoms with Crippen molar-refractivity contribution in [3.05, 3.63) is 0 Å². The molecule has 0 heterocycles. The molecular weight excluding hydrogens is 227 g/mol. The van der Waals surface area contributed by atoms with Crippen molar-refractivity contribution < 1.29 is 27.9 Å². The molecule has 4 nitrogen and oxygen atoms in total. The molecular formula is C9H12F3NO3. The average Bonchev–Trinajstić information content (AvgIpc) is 2.80. The minimum Gasteiger partial charge on any atom is -0.480 e. The smallest absolute Gasteiger partial charge is 0.397 e. The molecule has 92 valence electrons. The van der Waals surface area contributed by atoms with Crippen molar-refractivity contribution in [3.8, 4) is 0 Å². The van der Waals surface area contributed by atoms with Crippen molar-refractivity contribution in [1.29, 1.82) is 0 Å². The lowest BCUT2D eigenvalue weighted by molar-refractivity contribution is -0.159. The van der Waals surface area contributed by atoms with Gasteiger partial charge < -0.3 is 10.4 Å². The number of hydrogen-bond donors (Lipinski definition) is 2. The minimum absolute atomic E-state index is 0.276. The van der Waals surface area contributed by atoms with Crippen LogP contribution < -0.4 is 5.32 Å². The van der Waals surface area contributed by atoms with E-state index in [1.807, 2.05) is 5.32 Å². The largest absolute Gasteiger partial charge is 0.480 e. The van der Waals surface area contributed by atoms with Gasteiger partial charge in [0.25, 0.3) is 0 Å². The summed E-state index contributed by atoms with van der Waals surface area (Å²) in [6.07, 6.45) is -5.06. The second kappa shape index (κ2) is 3.95. The van der Waals surface area contributed by atoms with Crippen LogP contribution in [0.3, 0.4) is 0 Å². The lowest BCUT2D eigenvalue weighted by Crippen LogP contribution is -2.54. The minimum atomic E-state index is -4.62. The van der Waals surface area contributed by atoms with Gasteiger partial charge in [-0.05, 0) is 25.7 Å². The number of aliphatic carboxylic acids is 1. The highest BCUT2D eigenvalue weighted by molar-refractivity contribution is 5.87. The fourth-order valence-corrected chi connectivity index (χ4v) is 1.51. The van der Waals surface area contributed by atoms with Gasteiger partial charge in [0.2, 0.25) is 5.91 Å². The summed E-state index contributed by atoms with van der Waals surface area (Å²) in [7, 11) is 0. The zero-order chi connectivity index (χ0) is 12.6. The molecule has 1 atom stereocenters. The van der Waals surface area contributed by atoms with E-state index >= 15 is 0 Å². The lowest BCUT2D eigenvalue weighted by atomic mass is 9.96. The summed E-state index contributed by atoms with van der Waals surface area (Å²) in [6, 6.07) is 0. The first kappa shape index (κ1) is 12.8.